The van der Waals surface area contributed by atoms with Crippen LogP contribution in [0.15, 0.2) is 18.2 Å². The summed E-state index contributed by atoms with van der Waals surface area (Å²) in [7, 11) is 3.39. The fourth-order valence-electron chi connectivity index (χ4n) is 3.83. The molecule has 0 aliphatic heterocycles. The van der Waals surface area contributed by atoms with E-state index >= 15 is 0 Å². The Balaban J connectivity index is 1.66. The number of para-hydroxylation sites is 1. The van der Waals surface area contributed by atoms with Gasteiger partial charge in [0.2, 0.25) is 0 Å². The minimum absolute atomic E-state index is 0.703. The molecule has 0 unspecified atom stereocenters. The number of fused-ring (bicyclic) bond motifs is 2. The van der Waals surface area contributed by atoms with Crippen LogP contribution in [-0.4, -0.2) is 20.3 Å². The number of methoxy groups -OCH3 is 2. The van der Waals surface area contributed by atoms with Crippen molar-refractivity contribution >= 4 is 0 Å². The molecule has 2 saturated carbocycles. The second-order valence-electron chi connectivity index (χ2n) is 5.81. The normalized spacial score (nSPS) is 28.6. The van der Waals surface area contributed by atoms with Crippen LogP contribution in [0, 0.1) is 11.8 Å². The second kappa shape index (κ2) is 5.41. The van der Waals surface area contributed by atoms with Crippen molar-refractivity contribution in [1.82, 2.24) is 5.32 Å². The summed E-state index contributed by atoms with van der Waals surface area (Å²) >= 11 is 0. The molecular weight excluding hydrogens is 238 g/mol. The lowest BCUT2D eigenvalue weighted by atomic mass is 9.95. The average molecular weight is 261 g/mol. The van der Waals surface area contributed by atoms with E-state index < -0.39 is 0 Å². The van der Waals surface area contributed by atoms with Gasteiger partial charge in [-0.15, -0.1) is 0 Å². The highest BCUT2D eigenvalue weighted by Crippen LogP contribution is 2.44. The Bertz CT molecular complexity index is 446. The molecule has 2 fully saturated rings. The Hall–Kier alpha value is -1.22. The SMILES string of the molecule is COc1cccc(CN[C@@H]2C[C@@H]3CC[C@@H]2C3)c1OC. The zero-order chi connectivity index (χ0) is 13.2. The minimum atomic E-state index is 0.703. The zero-order valence-corrected chi connectivity index (χ0v) is 11.8. The molecule has 2 aliphatic rings. The summed E-state index contributed by atoms with van der Waals surface area (Å²) in [6.45, 7) is 0.869. The van der Waals surface area contributed by atoms with Gasteiger partial charge in [0.15, 0.2) is 11.5 Å². The third-order valence-electron chi connectivity index (χ3n) is 4.78. The van der Waals surface area contributed by atoms with Gasteiger partial charge in [-0.3, -0.25) is 0 Å². The first-order chi connectivity index (χ1) is 9.31. The summed E-state index contributed by atoms with van der Waals surface area (Å²) in [5, 5.41) is 3.72. The number of hydrogen-bond donors (Lipinski definition) is 1. The Labute approximate surface area is 115 Å². The molecule has 19 heavy (non-hydrogen) atoms. The fourth-order valence-corrected chi connectivity index (χ4v) is 3.83. The smallest absolute Gasteiger partial charge is 0.165 e. The maximum absolute atomic E-state index is 5.48. The van der Waals surface area contributed by atoms with Crippen LogP contribution >= 0.6 is 0 Å². The van der Waals surface area contributed by atoms with Crippen molar-refractivity contribution in [2.45, 2.75) is 38.3 Å². The molecule has 1 N–H and O–H groups in total. The predicted octanol–water partition coefficient (Wildman–Crippen LogP) is 2.98. The molecule has 0 heterocycles. The zero-order valence-electron chi connectivity index (χ0n) is 11.8. The molecule has 0 radical (unpaired) electrons. The summed E-state index contributed by atoms with van der Waals surface area (Å²) in [4.78, 5) is 0. The van der Waals surface area contributed by atoms with Crippen molar-refractivity contribution in [3.63, 3.8) is 0 Å². The quantitative estimate of drug-likeness (QED) is 0.884. The summed E-state index contributed by atoms with van der Waals surface area (Å²) in [6.07, 6.45) is 5.66. The molecular formula is C16H23NO2. The van der Waals surface area contributed by atoms with E-state index in [2.05, 4.69) is 11.4 Å². The van der Waals surface area contributed by atoms with Gasteiger partial charge in [-0.2, -0.15) is 0 Å². The van der Waals surface area contributed by atoms with Crippen LogP contribution in [0.1, 0.15) is 31.2 Å². The van der Waals surface area contributed by atoms with Crippen LogP contribution < -0.4 is 14.8 Å². The Morgan fingerprint density at radius 2 is 2.05 bits per heavy atom. The molecule has 0 amide bonds. The van der Waals surface area contributed by atoms with Gasteiger partial charge in [0, 0.05) is 18.2 Å². The van der Waals surface area contributed by atoms with Gasteiger partial charge in [-0.25, -0.2) is 0 Å². The lowest BCUT2D eigenvalue weighted by molar-refractivity contribution is 0.336. The molecule has 2 bridgehead atoms. The van der Waals surface area contributed by atoms with E-state index in [4.69, 9.17) is 9.47 Å². The molecule has 3 nitrogen and oxygen atoms in total. The third-order valence-corrected chi connectivity index (χ3v) is 4.78. The molecule has 2 aliphatic carbocycles. The fraction of sp³-hybridized carbons (Fsp3) is 0.625. The van der Waals surface area contributed by atoms with Crippen LogP contribution in [0.3, 0.4) is 0 Å². The van der Waals surface area contributed by atoms with Gasteiger partial charge in [0.05, 0.1) is 14.2 Å². The second-order valence-corrected chi connectivity index (χ2v) is 5.81. The first-order valence-corrected chi connectivity index (χ1v) is 7.25. The molecule has 1 aromatic carbocycles. The van der Waals surface area contributed by atoms with Gasteiger partial charge in [0.25, 0.3) is 0 Å². The topological polar surface area (TPSA) is 30.5 Å². The highest BCUT2D eigenvalue weighted by molar-refractivity contribution is 5.46. The number of hydrogen-bond acceptors (Lipinski definition) is 3. The molecule has 1 aromatic rings. The van der Waals surface area contributed by atoms with Crippen LogP contribution in [0.2, 0.25) is 0 Å². The lowest BCUT2D eigenvalue weighted by Gasteiger charge is -2.23. The molecule has 3 atom stereocenters. The van der Waals surface area contributed by atoms with Crippen molar-refractivity contribution < 1.29 is 9.47 Å². The van der Waals surface area contributed by atoms with E-state index in [9.17, 15) is 0 Å². The van der Waals surface area contributed by atoms with Crippen LogP contribution in [-0.2, 0) is 6.54 Å². The monoisotopic (exact) mass is 261 g/mol. The minimum Gasteiger partial charge on any atom is -0.493 e. The third kappa shape index (κ3) is 2.44. The number of benzene rings is 1. The van der Waals surface area contributed by atoms with Crippen molar-refractivity contribution in [1.29, 1.82) is 0 Å². The molecule has 0 saturated heterocycles. The standard InChI is InChI=1S/C16H23NO2/c1-18-15-5-3-4-13(16(15)19-2)10-17-14-9-11-6-7-12(14)8-11/h3-5,11-12,14,17H,6-10H2,1-2H3/t11-,12-,14-/m1/s1. The number of ether oxygens (including phenoxy) is 2. The van der Waals surface area contributed by atoms with Crippen molar-refractivity contribution in [3.05, 3.63) is 23.8 Å². The highest BCUT2D eigenvalue weighted by Gasteiger charge is 2.39. The van der Waals surface area contributed by atoms with Crippen LogP contribution in [0.25, 0.3) is 0 Å². The Morgan fingerprint density at radius 3 is 2.68 bits per heavy atom. The van der Waals surface area contributed by atoms with Crippen molar-refractivity contribution in [2.75, 3.05) is 14.2 Å². The maximum Gasteiger partial charge on any atom is 0.165 e. The van der Waals surface area contributed by atoms with E-state index in [-0.39, 0.29) is 0 Å². The van der Waals surface area contributed by atoms with Crippen molar-refractivity contribution in [2.24, 2.45) is 11.8 Å². The lowest BCUT2D eigenvalue weighted by Crippen LogP contribution is -2.33. The van der Waals surface area contributed by atoms with Crippen molar-refractivity contribution in [3.8, 4) is 11.5 Å². The van der Waals surface area contributed by atoms with E-state index in [1.165, 1.54) is 31.2 Å². The van der Waals surface area contributed by atoms with Crippen LogP contribution in [0.5, 0.6) is 11.5 Å². The van der Waals surface area contributed by atoms with E-state index in [1.807, 2.05) is 12.1 Å². The largest absolute Gasteiger partial charge is 0.493 e. The summed E-state index contributed by atoms with van der Waals surface area (Å²) in [5.41, 5.74) is 1.18. The summed E-state index contributed by atoms with van der Waals surface area (Å²) in [6, 6.07) is 6.79. The molecule has 3 rings (SSSR count). The number of rotatable bonds is 5. The average Bonchev–Trinajstić information content (AvgIpc) is 3.06. The predicted molar refractivity (Wildman–Crippen MR) is 75.6 cm³/mol. The van der Waals surface area contributed by atoms with E-state index in [0.717, 1.165) is 29.9 Å². The molecule has 3 heteroatoms. The van der Waals surface area contributed by atoms with Gasteiger partial charge in [-0.05, 0) is 37.2 Å². The molecule has 0 spiro atoms. The van der Waals surface area contributed by atoms with E-state index in [0.29, 0.717) is 6.04 Å². The first-order valence-electron chi connectivity index (χ1n) is 7.25. The molecule has 104 valence electrons. The summed E-state index contributed by atoms with van der Waals surface area (Å²) < 4.78 is 10.8. The maximum atomic E-state index is 5.48. The Kier molecular flexibility index (Phi) is 3.65. The van der Waals surface area contributed by atoms with E-state index in [1.54, 1.807) is 14.2 Å². The van der Waals surface area contributed by atoms with Gasteiger partial charge < -0.3 is 14.8 Å². The highest BCUT2D eigenvalue weighted by atomic mass is 16.5. The van der Waals surface area contributed by atoms with Crippen LogP contribution in [0.4, 0.5) is 0 Å². The van der Waals surface area contributed by atoms with Gasteiger partial charge >= 0.3 is 0 Å². The number of nitrogens with one attached hydrogen (secondary N) is 1. The molecule has 0 aromatic heterocycles. The summed E-state index contributed by atoms with van der Waals surface area (Å²) in [5.74, 6) is 3.56. The first kappa shape index (κ1) is 12.8. The van der Waals surface area contributed by atoms with Gasteiger partial charge in [-0.1, -0.05) is 18.6 Å². The van der Waals surface area contributed by atoms with Gasteiger partial charge in [0.1, 0.15) is 0 Å². The Morgan fingerprint density at radius 1 is 1.16 bits per heavy atom.